The number of hydrogen-bond acceptors (Lipinski definition) is 4. The molecule has 2 N–H and O–H groups in total. The SMILES string of the molecule is Cc1[nH]c2ccc(OC(C)(C)C(=O)O)cc2c1C(=O)OCc1ccccc1. The molecule has 0 saturated heterocycles. The van der Waals surface area contributed by atoms with E-state index < -0.39 is 17.5 Å². The van der Waals surface area contributed by atoms with Crippen molar-refractivity contribution in [2.24, 2.45) is 0 Å². The monoisotopic (exact) mass is 367 g/mol. The van der Waals surface area contributed by atoms with Gasteiger partial charge < -0.3 is 19.6 Å². The van der Waals surface area contributed by atoms with E-state index in [1.807, 2.05) is 30.3 Å². The average Bonchev–Trinajstić information content (AvgIpc) is 2.95. The van der Waals surface area contributed by atoms with Crippen LogP contribution in [-0.4, -0.2) is 27.6 Å². The van der Waals surface area contributed by atoms with Crippen molar-refractivity contribution in [3.63, 3.8) is 0 Å². The molecule has 0 atom stereocenters. The number of carboxylic acid groups (broad SMARTS) is 1. The third kappa shape index (κ3) is 3.95. The molecule has 3 aromatic rings. The second-order valence-corrected chi connectivity index (χ2v) is 6.81. The van der Waals surface area contributed by atoms with Crippen LogP contribution in [0.4, 0.5) is 0 Å². The van der Waals surface area contributed by atoms with Gasteiger partial charge >= 0.3 is 11.9 Å². The topological polar surface area (TPSA) is 88.6 Å². The second-order valence-electron chi connectivity index (χ2n) is 6.81. The quantitative estimate of drug-likeness (QED) is 0.641. The van der Waals surface area contributed by atoms with E-state index in [4.69, 9.17) is 9.47 Å². The summed E-state index contributed by atoms with van der Waals surface area (Å²) >= 11 is 0. The largest absolute Gasteiger partial charge is 0.478 e. The average molecular weight is 367 g/mol. The van der Waals surface area contributed by atoms with Crippen molar-refractivity contribution in [2.75, 3.05) is 0 Å². The summed E-state index contributed by atoms with van der Waals surface area (Å²) in [5.41, 5.74) is 1.36. The first-order valence-electron chi connectivity index (χ1n) is 8.54. The van der Waals surface area contributed by atoms with Crippen LogP contribution in [0, 0.1) is 6.92 Å². The summed E-state index contributed by atoms with van der Waals surface area (Å²) < 4.78 is 11.0. The van der Waals surface area contributed by atoms with Crippen LogP contribution in [0.15, 0.2) is 48.5 Å². The Balaban J connectivity index is 1.88. The van der Waals surface area contributed by atoms with Gasteiger partial charge in [-0.1, -0.05) is 30.3 Å². The minimum absolute atomic E-state index is 0.175. The normalized spacial score (nSPS) is 11.4. The number of fused-ring (bicyclic) bond motifs is 1. The number of H-pyrrole nitrogens is 1. The highest BCUT2D eigenvalue weighted by molar-refractivity contribution is 6.06. The first kappa shape index (κ1) is 18.5. The molecule has 6 nitrogen and oxygen atoms in total. The van der Waals surface area contributed by atoms with Gasteiger partial charge in [0.1, 0.15) is 12.4 Å². The Labute approximate surface area is 156 Å². The summed E-state index contributed by atoms with van der Waals surface area (Å²) in [4.78, 5) is 27.1. The Bertz CT molecular complexity index is 988. The number of aliphatic carboxylic acids is 1. The van der Waals surface area contributed by atoms with Crippen molar-refractivity contribution in [1.29, 1.82) is 0 Å². The standard InChI is InChI=1S/C21H21NO5/c1-13-18(19(23)26-12-14-7-5-4-6-8-14)16-11-15(9-10-17(16)22-13)27-21(2,3)20(24)25/h4-11,22H,12H2,1-3H3,(H,24,25). The molecule has 0 fully saturated rings. The van der Waals surface area contributed by atoms with Crippen molar-refractivity contribution < 1.29 is 24.2 Å². The summed E-state index contributed by atoms with van der Waals surface area (Å²) in [6.45, 7) is 4.91. The molecule has 2 aromatic carbocycles. The molecule has 1 aromatic heterocycles. The van der Waals surface area contributed by atoms with Gasteiger partial charge in [0.2, 0.25) is 0 Å². The molecule has 27 heavy (non-hydrogen) atoms. The zero-order valence-electron chi connectivity index (χ0n) is 15.4. The van der Waals surface area contributed by atoms with Gasteiger partial charge in [0.05, 0.1) is 5.56 Å². The van der Waals surface area contributed by atoms with Crippen molar-refractivity contribution in [3.8, 4) is 5.75 Å². The zero-order chi connectivity index (χ0) is 19.6. The Morgan fingerprint density at radius 1 is 1.11 bits per heavy atom. The summed E-state index contributed by atoms with van der Waals surface area (Å²) in [5.74, 6) is -1.15. The number of esters is 1. The van der Waals surface area contributed by atoms with Crippen LogP contribution >= 0.6 is 0 Å². The van der Waals surface area contributed by atoms with E-state index in [1.54, 1.807) is 25.1 Å². The Morgan fingerprint density at radius 3 is 2.48 bits per heavy atom. The molecule has 0 aliphatic rings. The van der Waals surface area contributed by atoms with Crippen molar-refractivity contribution in [3.05, 3.63) is 65.4 Å². The fraction of sp³-hybridized carbons (Fsp3) is 0.238. The maximum Gasteiger partial charge on any atom is 0.347 e. The predicted molar refractivity (Wildman–Crippen MR) is 101 cm³/mol. The molecule has 0 saturated carbocycles. The number of carboxylic acids is 1. The number of carbonyl (C=O) groups excluding carboxylic acids is 1. The molecule has 6 heteroatoms. The number of hydrogen-bond donors (Lipinski definition) is 2. The molecular weight excluding hydrogens is 346 g/mol. The van der Waals surface area contributed by atoms with E-state index in [0.29, 0.717) is 22.4 Å². The van der Waals surface area contributed by atoms with E-state index >= 15 is 0 Å². The molecule has 0 aliphatic carbocycles. The van der Waals surface area contributed by atoms with Crippen LogP contribution in [0.5, 0.6) is 5.75 Å². The van der Waals surface area contributed by atoms with Gasteiger partial charge in [-0.3, -0.25) is 0 Å². The maximum atomic E-state index is 12.6. The van der Waals surface area contributed by atoms with Crippen molar-refractivity contribution in [2.45, 2.75) is 33.0 Å². The highest BCUT2D eigenvalue weighted by Gasteiger charge is 2.29. The molecule has 0 bridgehead atoms. The minimum atomic E-state index is -1.38. The van der Waals surface area contributed by atoms with Gasteiger partial charge in [-0.25, -0.2) is 9.59 Å². The first-order valence-corrected chi connectivity index (χ1v) is 8.54. The highest BCUT2D eigenvalue weighted by atomic mass is 16.5. The number of rotatable bonds is 6. The van der Waals surface area contributed by atoms with E-state index in [2.05, 4.69) is 4.98 Å². The second kappa shape index (κ2) is 7.15. The Hall–Kier alpha value is -3.28. The van der Waals surface area contributed by atoms with Gasteiger partial charge in [-0.15, -0.1) is 0 Å². The molecule has 0 radical (unpaired) electrons. The van der Waals surface area contributed by atoms with Gasteiger partial charge in [0.15, 0.2) is 5.60 Å². The number of ether oxygens (including phenoxy) is 2. The lowest BCUT2D eigenvalue weighted by Gasteiger charge is -2.21. The number of carbonyl (C=O) groups is 2. The maximum absolute atomic E-state index is 12.6. The number of aromatic amines is 1. The zero-order valence-corrected chi connectivity index (χ0v) is 15.4. The fourth-order valence-electron chi connectivity index (χ4n) is 2.77. The van der Waals surface area contributed by atoms with E-state index in [1.165, 1.54) is 13.8 Å². The van der Waals surface area contributed by atoms with Crippen LogP contribution in [0.3, 0.4) is 0 Å². The minimum Gasteiger partial charge on any atom is -0.478 e. The lowest BCUT2D eigenvalue weighted by Crippen LogP contribution is -2.37. The lowest BCUT2D eigenvalue weighted by atomic mass is 10.1. The number of nitrogens with one attached hydrogen (secondary N) is 1. The van der Waals surface area contributed by atoms with Crippen molar-refractivity contribution >= 4 is 22.8 Å². The molecule has 0 unspecified atom stereocenters. The molecule has 0 spiro atoms. The number of benzene rings is 2. The van der Waals surface area contributed by atoms with Crippen molar-refractivity contribution in [1.82, 2.24) is 4.98 Å². The molecular formula is C21H21NO5. The van der Waals surface area contributed by atoms with Gasteiger partial charge in [-0.05, 0) is 44.5 Å². The van der Waals surface area contributed by atoms with Gasteiger partial charge in [-0.2, -0.15) is 0 Å². The Morgan fingerprint density at radius 2 is 1.81 bits per heavy atom. The first-order chi connectivity index (χ1) is 12.8. The van der Waals surface area contributed by atoms with Gasteiger partial charge in [0.25, 0.3) is 0 Å². The summed E-state index contributed by atoms with van der Waals surface area (Å²) in [5, 5.41) is 9.86. The van der Waals surface area contributed by atoms with Crippen LogP contribution in [-0.2, 0) is 16.1 Å². The molecule has 1 heterocycles. The lowest BCUT2D eigenvalue weighted by molar-refractivity contribution is -0.152. The molecule has 3 rings (SSSR count). The number of aryl methyl sites for hydroxylation is 1. The smallest absolute Gasteiger partial charge is 0.347 e. The Kier molecular flexibility index (Phi) is 4.90. The summed E-state index contributed by atoms with van der Waals surface area (Å²) in [7, 11) is 0. The van der Waals surface area contributed by atoms with Crippen LogP contribution < -0.4 is 4.74 Å². The van der Waals surface area contributed by atoms with E-state index in [-0.39, 0.29) is 6.61 Å². The molecule has 0 aliphatic heterocycles. The third-order valence-corrected chi connectivity index (χ3v) is 4.26. The fourth-order valence-corrected chi connectivity index (χ4v) is 2.77. The van der Waals surface area contributed by atoms with Crippen LogP contribution in [0.1, 0.15) is 35.5 Å². The van der Waals surface area contributed by atoms with Crippen LogP contribution in [0.2, 0.25) is 0 Å². The van der Waals surface area contributed by atoms with Gasteiger partial charge in [0, 0.05) is 16.6 Å². The third-order valence-electron chi connectivity index (χ3n) is 4.26. The van der Waals surface area contributed by atoms with Crippen LogP contribution in [0.25, 0.3) is 10.9 Å². The predicted octanol–water partition coefficient (Wildman–Crippen LogP) is 4.08. The van der Waals surface area contributed by atoms with E-state index in [9.17, 15) is 14.7 Å². The summed E-state index contributed by atoms with van der Waals surface area (Å²) in [6.07, 6.45) is 0. The number of aromatic nitrogens is 1. The van der Waals surface area contributed by atoms with E-state index in [0.717, 1.165) is 11.1 Å². The summed E-state index contributed by atoms with van der Waals surface area (Å²) in [6, 6.07) is 14.5. The molecule has 0 amide bonds. The molecule has 140 valence electrons. The highest BCUT2D eigenvalue weighted by Crippen LogP contribution is 2.29.